The Bertz CT molecular complexity index is 643. The summed E-state index contributed by atoms with van der Waals surface area (Å²) in [6, 6.07) is 9.52. The zero-order valence-electron chi connectivity index (χ0n) is 14.1. The molecule has 2 rings (SSSR count). The smallest absolute Gasteiger partial charge is 0.251 e. The van der Waals surface area contributed by atoms with Crippen molar-refractivity contribution in [2.24, 2.45) is 0 Å². The van der Waals surface area contributed by atoms with E-state index >= 15 is 0 Å². The highest BCUT2D eigenvalue weighted by atomic mass is 16.3. The Morgan fingerprint density at radius 3 is 2.52 bits per heavy atom. The summed E-state index contributed by atoms with van der Waals surface area (Å²) in [6.07, 6.45) is 1.95. The molecule has 1 aromatic carbocycles. The maximum atomic E-state index is 12.1. The number of aryl methyl sites for hydroxylation is 3. The first-order valence-electron chi connectivity index (χ1n) is 8.13. The summed E-state index contributed by atoms with van der Waals surface area (Å²) < 4.78 is 5.42. The molecule has 0 aliphatic carbocycles. The molecule has 1 atom stereocenters. The van der Waals surface area contributed by atoms with E-state index in [4.69, 9.17) is 4.42 Å². The lowest BCUT2D eigenvalue weighted by Gasteiger charge is -2.11. The van der Waals surface area contributed by atoms with Gasteiger partial charge in [-0.25, -0.2) is 0 Å². The summed E-state index contributed by atoms with van der Waals surface area (Å²) in [4.78, 5) is 12.1. The Morgan fingerprint density at radius 2 is 1.96 bits per heavy atom. The maximum Gasteiger partial charge on any atom is 0.251 e. The lowest BCUT2D eigenvalue weighted by Crippen LogP contribution is -2.25. The molecule has 0 saturated heterocycles. The maximum absolute atomic E-state index is 12.1. The molecular weight excluding hydrogens is 290 g/mol. The van der Waals surface area contributed by atoms with Crippen LogP contribution in [-0.2, 0) is 6.42 Å². The number of carbonyl (C=O) groups excluding carboxylic acids is 1. The summed E-state index contributed by atoms with van der Waals surface area (Å²) >= 11 is 0. The van der Waals surface area contributed by atoms with E-state index in [-0.39, 0.29) is 5.91 Å². The van der Waals surface area contributed by atoms with Crippen LogP contribution >= 0.6 is 0 Å². The fourth-order valence-corrected chi connectivity index (χ4v) is 2.67. The molecule has 1 heterocycles. The van der Waals surface area contributed by atoms with Gasteiger partial charge >= 0.3 is 0 Å². The zero-order chi connectivity index (χ0) is 16.8. The molecule has 0 radical (unpaired) electrons. The fourth-order valence-electron chi connectivity index (χ4n) is 2.67. The van der Waals surface area contributed by atoms with Crippen LogP contribution in [0.15, 0.2) is 34.7 Å². The molecule has 1 aromatic heterocycles. The molecule has 0 fully saturated rings. The lowest BCUT2D eigenvalue weighted by atomic mass is 10.1. The zero-order valence-corrected chi connectivity index (χ0v) is 14.1. The number of carbonyl (C=O) groups is 1. The van der Waals surface area contributed by atoms with Crippen molar-refractivity contribution in [1.29, 1.82) is 0 Å². The van der Waals surface area contributed by atoms with Gasteiger partial charge in [0.15, 0.2) is 0 Å². The van der Waals surface area contributed by atoms with Gasteiger partial charge in [0.25, 0.3) is 5.91 Å². The number of hydrogen-bond donors (Lipinski definition) is 2. The highest BCUT2D eigenvalue weighted by Crippen LogP contribution is 2.23. The van der Waals surface area contributed by atoms with Crippen LogP contribution in [0.2, 0.25) is 0 Å². The van der Waals surface area contributed by atoms with E-state index in [1.165, 1.54) is 5.56 Å². The van der Waals surface area contributed by atoms with Gasteiger partial charge in [-0.2, -0.15) is 0 Å². The number of aliphatic hydroxyl groups is 1. The second kappa shape index (κ2) is 7.97. The Balaban J connectivity index is 1.83. The van der Waals surface area contributed by atoms with Crippen molar-refractivity contribution in [3.63, 3.8) is 0 Å². The summed E-state index contributed by atoms with van der Waals surface area (Å²) in [6.45, 7) is 6.24. The van der Waals surface area contributed by atoms with E-state index in [0.717, 1.165) is 29.9 Å². The number of furan rings is 1. The number of rotatable bonds is 7. The third-order valence-electron chi connectivity index (χ3n) is 3.90. The molecule has 0 bridgehead atoms. The molecule has 0 aliphatic rings. The first kappa shape index (κ1) is 17.3. The molecule has 23 heavy (non-hydrogen) atoms. The first-order valence-corrected chi connectivity index (χ1v) is 8.13. The van der Waals surface area contributed by atoms with Gasteiger partial charge in [-0.3, -0.25) is 4.79 Å². The van der Waals surface area contributed by atoms with Crippen LogP contribution in [0.1, 0.15) is 58.9 Å². The van der Waals surface area contributed by atoms with Gasteiger partial charge in [0.2, 0.25) is 0 Å². The summed E-state index contributed by atoms with van der Waals surface area (Å²) in [5, 5.41) is 13.0. The third kappa shape index (κ3) is 4.70. The molecule has 124 valence electrons. The van der Waals surface area contributed by atoms with Crippen LogP contribution in [0.5, 0.6) is 0 Å². The monoisotopic (exact) mass is 315 g/mol. The average Bonchev–Trinajstić information content (AvgIpc) is 2.87. The van der Waals surface area contributed by atoms with Crippen LogP contribution in [-0.4, -0.2) is 17.6 Å². The Kier molecular flexibility index (Phi) is 5.99. The highest BCUT2D eigenvalue weighted by Gasteiger charge is 2.14. The molecule has 0 spiro atoms. The molecule has 0 aliphatic heterocycles. The van der Waals surface area contributed by atoms with Gasteiger partial charge < -0.3 is 14.8 Å². The molecule has 4 heteroatoms. The van der Waals surface area contributed by atoms with E-state index in [2.05, 4.69) is 12.2 Å². The molecule has 0 saturated carbocycles. The van der Waals surface area contributed by atoms with Gasteiger partial charge in [-0.05, 0) is 50.5 Å². The van der Waals surface area contributed by atoms with Crippen LogP contribution in [0.25, 0.3) is 0 Å². The standard InChI is InChI=1S/C19H25NO3/c1-4-5-15-6-8-16(9-7-15)19(22)20-11-10-18(21)17-12-13(2)23-14(17)3/h6-9,12,18,21H,4-5,10-11H2,1-3H3,(H,20,22). The van der Waals surface area contributed by atoms with Crippen LogP contribution in [0, 0.1) is 13.8 Å². The molecule has 1 amide bonds. The van der Waals surface area contributed by atoms with Crippen molar-refractivity contribution in [3.8, 4) is 0 Å². The van der Waals surface area contributed by atoms with Crippen molar-refractivity contribution in [2.75, 3.05) is 6.54 Å². The first-order chi connectivity index (χ1) is 11.0. The van der Waals surface area contributed by atoms with E-state index in [1.54, 1.807) is 0 Å². The van der Waals surface area contributed by atoms with Gasteiger partial charge in [0.1, 0.15) is 11.5 Å². The van der Waals surface area contributed by atoms with Crippen LogP contribution in [0.3, 0.4) is 0 Å². The van der Waals surface area contributed by atoms with Crippen molar-refractivity contribution >= 4 is 5.91 Å². The Labute approximate surface area is 137 Å². The van der Waals surface area contributed by atoms with E-state index in [9.17, 15) is 9.90 Å². The minimum absolute atomic E-state index is 0.111. The summed E-state index contributed by atoms with van der Waals surface area (Å²) in [5.74, 6) is 1.40. The quantitative estimate of drug-likeness (QED) is 0.819. The van der Waals surface area contributed by atoms with E-state index < -0.39 is 6.10 Å². The highest BCUT2D eigenvalue weighted by molar-refractivity contribution is 5.94. The predicted molar refractivity (Wildman–Crippen MR) is 90.5 cm³/mol. The normalized spacial score (nSPS) is 12.2. The van der Waals surface area contributed by atoms with E-state index in [1.807, 2.05) is 44.2 Å². The van der Waals surface area contributed by atoms with E-state index in [0.29, 0.717) is 18.5 Å². The van der Waals surface area contributed by atoms with Gasteiger partial charge in [0.05, 0.1) is 6.10 Å². The summed E-state index contributed by atoms with van der Waals surface area (Å²) in [5.41, 5.74) is 2.68. The van der Waals surface area contributed by atoms with Crippen molar-refractivity contribution < 1.29 is 14.3 Å². The number of aliphatic hydroxyl groups excluding tert-OH is 1. The lowest BCUT2D eigenvalue weighted by molar-refractivity contribution is 0.0942. The van der Waals surface area contributed by atoms with Crippen molar-refractivity contribution in [2.45, 2.75) is 46.1 Å². The van der Waals surface area contributed by atoms with Crippen molar-refractivity contribution in [1.82, 2.24) is 5.32 Å². The number of benzene rings is 1. The molecule has 4 nitrogen and oxygen atoms in total. The predicted octanol–water partition coefficient (Wildman–Crippen LogP) is 3.70. The third-order valence-corrected chi connectivity index (χ3v) is 3.90. The number of amides is 1. The van der Waals surface area contributed by atoms with Gasteiger partial charge in [-0.15, -0.1) is 0 Å². The number of nitrogens with one attached hydrogen (secondary N) is 1. The number of hydrogen-bond acceptors (Lipinski definition) is 3. The van der Waals surface area contributed by atoms with Crippen molar-refractivity contribution in [3.05, 3.63) is 58.5 Å². The van der Waals surface area contributed by atoms with Crippen LogP contribution in [0.4, 0.5) is 0 Å². The minimum atomic E-state index is -0.625. The average molecular weight is 315 g/mol. The largest absolute Gasteiger partial charge is 0.466 e. The Morgan fingerprint density at radius 1 is 1.26 bits per heavy atom. The Hall–Kier alpha value is -2.07. The van der Waals surface area contributed by atoms with Crippen LogP contribution < -0.4 is 5.32 Å². The SMILES string of the molecule is CCCc1ccc(C(=O)NCCC(O)c2cc(C)oc2C)cc1. The second-order valence-corrected chi connectivity index (χ2v) is 5.88. The molecule has 2 N–H and O–H groups in total. The molecule has 2 aromatic rings. The molecular formula is C19H25NO3. The second-order valence-electron chi connectivity index (χ2n) is 5.88. The minimum Gasteiger partial charge on any atom is -0.466 e. The van der Waals surface area contributed by atoms with Gasteiger partial charge in [0, 0.05) is 17.7 Å². The summed E-state index contributed by atoms with van der Waals surface area (Å²) in [7, 11) is 0. The fraction of sp³-hybridized carbons (Fsp3) is 0.421. The topological polar surface area (TPSA) is 62.5 Å². The van der Waals surface area contributed by atoms with Gasteiger partial charge in [-0.1, -0.05) is 25.5 Å². The molecule has 1 unspecified atom stereocenters.